The van der Waals surface area contributed by atoms with Crippen LogP contribution in [0.25, 0.3) is 0 Å². The smallest absolute Gasteiger partial charge is 0.0555 e. The molecule has 0 atom stereocenters. The van der Waals surface area contributed by atoms with Gasteiger partial charge in [0, 0.05) is 23.5 Å². The van der Waals surface area contributed by atoms with Gasteiger partial charge in [-0.1, -0.05) is 30.0 Å². The first-order valence-electron chi connectivity index (χ1n) is 6.27. The fourth-order valence-corrected chi connectivity index (χ4v) is 2.72. The number of nitrogens with zero attached hydrogens (tertiary/aromatic N) is 1. The second-order valence-corrected chi connectivity index (χ2v) is 5.49. The van der Waals surface area contributed by atoms with Crippen molar-refractivity contribution in [1.82, 2.24) is 4.90 Å². The van der Waals surface area contributed by atoms with Gasteiger partial charge in [0.25, 0.3) is 0 Å². The molecule has 2 rings (SSSR count). The minimum Gasteiger partial charge on any atom is -0.320 e. The van der Waals surface area contributed by atoms with E-state index in [0.717, 1.165) is 18.7 Å². The van der Waals surface area contributed by atoms with Crippen molar-refractivity contribution < 1.29 is 0 Å². The lowest BCUT2D eigenvalue weighted by Gasteiger charge is -2.15. The summed E-state index contributed by atoms with van der Waals surface area (Å²) in [7, 11) is 2.14. The fraction of sp³-hybridized carbons (Fsp3) is 0.250. The lowest BCUT2D eigenvalue weighted by atomic mass is 10.1. The van der Waals surface area contributed by atoms with Crippen molar-refractivity contribution >= 4 is 11.3 Å². The highest BCUT2D eigenvalue weighted by atomic mass is 32.1. The van der Waals surface area contributed by atoms with Gasteiger partial charge in [-0.05, 0) is 36.2 Å². The van der Waals surface area contributed by atoms with E-state index in [1.807, 2.05) is 6.07 Å². The van der Waals surface area contributed by atoms with Crippen LogP contribution >= 0.6 is 11.3 Å². The van der Waals surface area contributed by atoms with Crippen LogP contribution in [0.2, 0.25) is 0 Å². The molecule has 1 aromatic carbocycles. The molecule has 0 spiro atoms. The van der Waals surface area contributed by atoms with E-state index < -0.39 is 0 Å². The van der Waals surface area contributed by atoms with Crippen LogP contribution in [0.1, 0.15) is 16.0 Å². The molecule has 3 heteroatoms. The molecular weight excluding hydrogens is 252 g/mol. The molecule has 2 N–H and O–H groups in total. The van der Waals surface area contributed by atoms with E-state index in [4.69, 9.17) is 5.73 Å². The van der Waals surface area contributed by atoms with E-state index >= 15 is 0 Å². The van der Waals surface area contributed by atoms with E-state index in [9.17, 15) is 0 Å². The number of nitrogens with two attached hydrogens (primary N) is 1. The quantitative estimate of drug-likeness (QED) is 0.866. The zero-order valence-electron chi connectivity index (χ0n) is 11.1. The SMILES string of the molecule is CN(Cc1cccc(C#CCN)c1)Cc1cccs1. The van der Waals surface area contributed by atoms with Crippen LogP contribution in [-0.4, -0.2) is 18.5 Å². The molecule has 19 heavy (non-hydrogen) atoms. The highest BCUT2D eigenvalue weighted by molar-refractivity contribution is 7.09. The predicted molar refractivity (Wildman–Crippen MR) is 81.9 cm³/mol. The summed E-state index contributed by atoms with van der Waals surface area (Å²) in [6.45, 7) is 2.31. The molecule has 2 aromatic rings. The third-order valence-corrected chi connectivity index (χ3v) is 3.58. The summed E-state index contributed by atoms with van der Waals surface area (Å²) in [5, 5.41) is 2.12. The van der Waals surface area contributed by atoms with Crippen LogP contribution in [0, 0.1) is 11.8 Å². The van der Waals surface area contributed by atoms with Gasteiger partial charge >= 0.3 is 0 Å². The first kappa shape index (κ1) is 13.8. The van der Waals surface area contributed by atoms with E-state index in [-0.39, 0.29) is 0 Å². The predicted octanol–water partition coefficient (Wildman–Crippen LogP) is 2.69. The summed E-state index contributed by atoms with van der Waals surface area (Å²) in [5.74, 6) is 5.96. The molecule has 1 aromatic heterocycles. The number of hydrogen-bond donors (Lipinski definition) is 1. The van der Waals surface area contributed by atoms with Gasteiger partial charge in [-0.25, -0.2) is 0 Å². The molecule has 0 saturated carbocycles. The minimum atomic E-state index is 0.405. The number of hydrogen-bond acceptors (Lipinski definition) is 3. The molecule has 0 aliphatic carbocycles. The first-order chi connectivity index (χ1) is 9.28. The highest BCUT2D eigenvalue weighted by Gasteiger charge is 2.02. The van der Waals surface area contributed by atoms with E-state index in [1.54, 1.807) is 11.3 Å². The lowest BCUT2D eigenvalue weighted by Crippen LogP contribution is -2.16. The van der Waals surface area contributed by atoms with Crippen LogP contribution in [0.5, 0.6) is 0 Å². The second-order valence-electron chi connectivity index (χ2n) is 4.46. The summed E-state index contributed by atoms with van der Waals surface area (Å²) in [6.07, 6.45) is 0. The lowest BCUT2D eigenvalue weighted by molar-refractivity contribution is 0.322. The Kier molecular flexibility index (Phi) is 5.17. The van der Waals surface area contributed by atoms with Gasteiger partial charge in [-0.15, -0.1) is 11.3 Å². The van der Waals surface area contributed by atoms with Crippen LogP contribution in [0.15, 0.2) is 41.8 Å². The molecule has 0 aliphatic heterocycles. The number of rotatable bonds is 4. The molecule has 0 fully saturated rings. The Morgan fingerprint density at radius 1 is 1.21 bits per heavy atom. The summed E-state index contributed by atoms with van der Waals surface area (Å²) in [4.78, 5) is 3.70. The third-order valence-electron chi connectivity index (χ3n) is 2.72. The van der Waals surface area contributed by atoms with Crippen LogP contribution in [0.4, 0.5) is 0 Å². The van der Waals surface area contributed by atoms with Crippen molar-refractivity contribution in [2.24, 2.45) is 5.73 Å². The van der Waals surface area contributed by atoms with Gasteiger partial charge in [0.2, 0.25) is 0 Å². The third kappa shape index (κ3) is 4.53. The molecule has 0 unspecified atom stereocenters. The average molecular weight is 270 g/mol. The van der Waals surface area contributed by atoms with Gasteiger partial charge in [-0.2, -0.15) is 0 Å². The van der Waals surface area contributed by atoms with Crippen molar-refractivity contribution in [2.75, 3.05) is 13.6 Å². The van der Waals surface area contributed by atoms with Gasteiger partial charge in [0.1, 0.15) is 0 Å². The largest absolute Gasteiger partial charge is 0.320 e. The highest BCUT2D eigenvalue weighted by Crippen LogP contribution is 2.13. The minimum absolute atomic E-state index is 0.405. The van der Waals surface area contributed by atoms with Crippen molar-refractivity contribution in [3.8, 4) is 11.8 Å². The van der Waals surface area contributed by atoms with Gasteiger partial charge in [0.05, 0.1) is 6.54 Å². The van der Waals surface area contributed by atoms with Crippen molar-refractivity contribution in [3.63, 3.8) is 0 Å². The molecule has 0 saturated heterocycles. The summed E-state index contributed by atoms with van der Waals surface area (Å²) < 4.78 is 0. The Hall–Kier alpha value is -1.60. The first-order valence-corrected chi connectivity index (χ1v) is 7.14. The van der Waals surface area contributed by atoms with E-state index in [1.165, 1.54) is 10.4 Å². The molecule has 1 heterocycles. The van der Waals surface area contributed by atoms with E-state index in [2.05, 4.69) is 59.5 Å². The Balaban J connectivity index is 1.98. The average Bonchev–Trinajstić information content (AvgIpc) is 2.89. The summed E-state index contributed by atoms with van der Waals surface area (Å²) >= 11 is 1.80. The number of thiophene rings is 1. The molecule has 98 valence electrons. The maximum Gasteiger partial charge on any atom is 0.0555 e. The van der Waals surface area contributed by atoms with Crippen LogP contribution in [-0.2, 0) is 13.1 Å². The van der Waals surface area contributed by atoms with Crippen molar-refractivity contribution in [3.05, 3.63) is 57.8 Å². The van der Waals surface area contributed by atoms with Crippen LogP contribution < -0.4 is 5.73 Å². The topological polar surface area (TPSA) is 29.3 Å². The molecule has 0 bridgehead atoms. The van der Waals surface area contributed by atoms with Crippen LogP contribution in [0.3, 0.4) is 0 Å². The van der Waals surface area contributed by atoms with Gasteiger partial charge in [0.15, 0.2) is 0 Å². The van der Waals surface area contributed by atoms with Crippen molar-refractivity contribution in [2.45, 2.75) is 13.1 Å². The van der Waals surface area contributed by atoms with Crippen molar-refractivity contribution in [1.29, 1.82) is 0 Å². The Morgan fingerprint density at radius 3 is 2.84 bits per heavy atom. The zero-order valence-corrected chi connectivity index (χ0v) is 11.9. The molecule has 0 aliphatic rings. The number of benzene rings is 1. The normalized spacial score (nSPS) is 10.3. The fourth-order valence-electron chi connectivity index (χ4n) is 1.94. The Bertz CT molecular complexity index is 564. The maximum atomic E-state index is 5.39. The molecular formula is C16H18N2S. The summed E-state index contributed by atoms with van der Waals surface area (Å²) in [5.41, 5.74) is 7.71. The summed E-state index contributed by atoms with van der Waals surface area (Å²) in [6, 6.07) is 12.6. The van der Waals surface area contributed by atoms with E-state index in [0.29, 0.717) is 6.54 Å². The maximum absolute atomic E-state index is 5.39. The standard InChI is InChI=1S/C16H18N2S/c1-18(13-16-8-4-10-19-16)12-15-6-2-5-14(11-15)7-3-9-17/h2,4-6,8,10-11H,9,12-13,17H2,1H3. The Morgan fingerprint density at radius 2 is 2.11 bits per heavy atom. The molecule has 0 amide bonds. The second kappa shape index (κ2) is 7.10. The zero-order chi connectivity index (χ0) is 13.5. The Labute approximate surface area is 118 Å². The van der Waals surface area contributed by atoms with Gasteiger partial charge < -0.3 is 5.73 Å². The van der Waals surface area contributed by atoms with Gasteiger partial charge in [-0.3, -0.25) is 4.90 Å². The monoisotopic (exact) mass is 270 g/mol. The molecule has 2 nitrogen and oxygen atoms in total. The molecule has 0 radical (unpaired) electrons.